The average molecular weight is 661 g/mol. The number of fused-ring (bicyclic) bond motifs is 11. The number of nitrogens with zero attached hydrogens (tertiary/aromatic N) is 4. The standard InChI is InChI=1S/C48H28N4/c49-29-34-28-46(50-41-17-9-8-14-36(34)41)52-43-23-21-33(27-40(43)48-38-16-7-5-11-31(38)19-25-45(48)52)32-20-22-42-39(26-32)47-37-15-6-4-10-30(37)18-24-44(47)51(42)35-12-2-1-3-13-35/h1-28H. The highest BCUT2D eigenvalue weighted by Crippen LogP contribution is 2.42. The van der Waals surface area contributed by atoms with Crippen LogP contribution in [-0.4, -0.2) is 14.1 Å². The van der Waals surface area contributed by atoms with Gasteiger partial charge in [-0.15, -0.1) is 0 Å². The van der Waals surface area contributed by atoms with Crippen molar-refractivity contribution in [2.24, 2.45) is 0 Å². The maximum Gasteiger partial charge on any atom is 0.139 e. The van der Waals surface area contributed by atoms with Gasteiger partial charge in [-0.2, -0.15) is 5.26 Å². The Hall–Kier alpha value is -7.22. The van der Waals surface area contributed by atoms with E-state index in [9.17, 15) is 5.26 Å². The summed E-state index contributed by atoms with van der Waals surface area (Å²) in [6.07, 6.45) is 0. The number of hydrogen-bond acceptors (Lipinski definition) is 2. The summed E-state index contributed by atoms with van der Waals surface area (Å²) in [6, 6.07) is 62.7. The van der Waals surface area contributed by atoms with Crippen molar-refractivity contribution in [1.29, 1.82) is 5.26 Å². The van der Waals surface area contributed by atoms with Crippen molar-refractivity contribution in [3.63, 3.8) is 0 Å². The lowest BCUT2D eigenvalue weighted by Gasteiger charge is -2.10. The third-order valence-corrected chi connectivity index (χ3v) is 10.7. The molecule has 0 N–H and O–H groups in total. The fourth-order valence-corrected chi connectivity index (χ4v) is 8.41. The van der Waals surface area contributed by atoms with Gasteiger partial charge in [-0.25, -0.2) is 4.98 Å². The summed E-state index contributed by atoms with van der Waals surface area (Å²) in [7, 11) is 0. The van der Waals surface area contributed by atoms with Crippen LogP contribution in [0.2, 0.25) is 0 Å². The largest absolute Gasteiger partial charge is 0.309 e. The smallest absolute Gasteiger partial charge is 0.139 e. The molecule has 0 aliphatic carbocycles. The second kappa shape index (κ2) is 10.9. The molecule has 0 unspecified atom stereocenters. The van der Waals surface area contributed by atoms with Crippen molar-refractivity contribution in [2.75, 3.05) is 0 Å². The van der Waals surface area contributed by atoms with Crippen molar-refractivity contribution in [3.05, 3.63) is 175 Å². The zero-order chi connectivity index (χ0) is 34.3. The molecular weight excluding hydrogens is 633 g/mol. The molecule has 0 radical (unpaired) electrons. The van der Waals surface area contributed by atoms with Gasteiger partial charge >= 0.3 is 0 Å². The van der Waals surface area contributed by atoms with E-state index < -0.39 is 0 Å². The highest BCUT2D eigenvalue weighted by Gasteiger charge is 2.20. The number of aromatic nitrogens is 3. The van der Waals surface area contributed by atoms with Gasteiger partial charge in [-0.1, -0.05) is 109 Å². The summed E-state index contributed by atoms with van der Waals surface area (Å²) in [4.78, 5) is 5.11. The zero-order valence-corrected chi connectivity index (χ0v) is 28.0. The molecular formula is C48H28N4. The Morgan fingerprint density at radius 3 is 1.58 bits per heavy atom. The van der Waals surface area contributed by atoms with Crippen LogP contribution in [0.25, 0.3) is 98.7 Å². The second-order valence-electron chi connectivity index (χ2n) is 13.5. The van der Waals surface area contributed by atoms with Crippen LogP contribution in [0.1, 0.15) is 5.56 Å². The van der Waals surface area contributed by atoms with E-state index in [4.69, 9.17) is 4.98 Å². The molecule has 8 aromatic carbocycles. The van der Waals surface area contributed by atoms with Crippen LogP contribution in [0.5, 0.6) is 0 Å². The van der Waals surface area contributed by atoms with Crippen LogP contribution in [0.4, 0.5) is 0 Å². The Morgan fingerprint density at radius 2 is 0.942 bits per heavy atom. The molecule has 4 heteroatoms. The van der Waals surface area contributed by atoms with E-state index in [1.807, 2.05) is 30.3 Å². The lowest BCUT2D eigenvalue weighted by Crippen LogP contribution is -1.99. The molecule has 0 aliphatic heterocycles. The van der Waals surface area contributed by atoms with Crippen molar-refractivity contribution < 1.29 is 0 Å². The normalized spacial score (nSPS) is 11.8. The fourth-order valence-electron chi connectivity index (χ4n) is 8.41. The van der Waals surface area contributed by atoms with Crippen molar-refractivity contribution >= 4 is 76.1 Å². The number of pyridine rings is 1. The van der Waals surface area contributed by atoms with E-state index >= 15 is 0 Å². The van der Waals surface area contributed by atoms with E-state index in [0.717, 1.165) is 50.0 Å². The van der Waals surface area contributed by atoms with Crippen LogP contribution in [0.3, 0.4) is 0 Å². The van der Waals surface area contributed by atoms with Crippen molar-refractivity contribution in [2.45, 2.75) is 0 Å². The number of benzene rings is 8. The third kappa shape index (κ3) is 4.05. The number of rotatable bonds is 3. The summed E-state index contributed by atoms with van der Waals surface area (Å²) in [6.45, 7) is 0. The molecule has 52 heavy (non-hydrogen) atoms. The van der Waals surface area contributed by atoms with Gasteiger partial charge in [0.1, 0.15) is 5.82 Å². The first kappa shape index (κ1) is 28.6. The lowest BCUT2D eigenvalue weighted by molar-refractivity contribution is 1.10. The summed E-state index contributed by atoms with van der Waals surface area (Å²) in [5.74, 6) is 0.736. The van der Waals surface area contributed by atoms with E-state index in [-0.39, 0.29) is 0 Å². The van der Waals surface area contributed by atoms with Crippen molar-refractivity contribution in [1.82, 2.24) is 14.1 Å². The zero-order valence-electron chi connectivity index (χ0n) is 28.0. The minimum absolute atomic E-state index is 0.614. The van der Waals surface area contributed by atoms with Gasteiger partial charge in [0.05, 0.1) is 39.2 Å². The van der Waals surface area contributed by atoms with E-state index in [1.54, 1.807) is 0 Å². The highest BCUT2D eigenvalue weighted by atomic mass is 15.1. The Bertz CT molecular complexity index is 3300. The van der Waals surface area contributed by atoms with E-state index in [1.165, 1.54) is 48.7 Å². The first-order valence-corrected chi connectivity index (χ1v) is 17.5. The predicted octanol–water partition coefficient (Wildman–Crippen LogP) is 12.3. The molecule has 240 valence electrons. The van der Waals surface area contributed by atoms with Gasteiger partial charge in [0.2, 0.25) is 0 Å². The van der Waals surface area contributed by atoms with Crippen LogP contribution in [0.15, 0.2) is 170 Å². The highest BCUT2D eigenvalue weighted by molar-refractivity contribution is 6.23. The first-order chi connectivity index (χ1) is 25.7. The van der Waals surface area contributed by atoms with Crippen LogP contribution in [0, 0.1) is 11.3 Å². The van der Waals surface area contributed by atoms with Crippen LogP contribution < -0.4 is 0 Å². The molecule has 0 amide bonds. The Labute approximate surface area is 298 Å². The third-order valence-electron chi connectivity index (χ3n) is 10.7. The van der Waals surface area contributed by atoms with Crippen molar-refractivity contribution in [3.8, 4) is 28.7 Å². The quantitative estimate of drug-likeness (QED) is 0.189. The second-order valence-corrected chi connectivity index (χ2v) is 13.5. The SMILES string of the molecule is N#Cc1cc(-n2c3ccc(-c4ccc5c(c4)c4c6ccccc6ccc4n5-c4ccccc4)cc3c3c4ccccc4ccc32)nc2ccccc12. The van der Waals surface area contributed by atoms with Gasteiger partial charge in [0.15, 0.2) is 0 Å². The van der Waals surface area contributed by atoms with Gasteiger partial charge in [-0.3, -0.25) is 4.57 Å². The molecule has 0 atom stereocenters. The van der Waals surface area contributed by atoms with E-state index in [0.29, 0.717) is 5.56 Å². The first-order valence-electron chi connectivity index (χ1n) is 17.5. The molecule has 0 saturated carbocycles. The topological polar surface area (TPSA) is 46.5 Å². The lowest BCUT2D eigenvalue weighted by atomic mass is 9.98. The van der Waals surface area contributed by atoms with Crippen LogP contribution in [-0.2, 0) is 0 Å². The molecule has 3 aromatic heterocycles. The van der Waals surface area contributed by atoms with Gasteiger partial charge in [0.25, 0.3) is 0 Å². The van der Waals surface area contributed by atoms with Gasteiger partial charge in [-0.05, 0) is 93.3 Å². The van der Waals surface area contributed by atoms with Crippen LogP contribution >= 0.6 is 0 Å². The average Bonchev–Trinajstić information content (AvgIpc) is 3.73. The molecule has 3 heterocycles. The number of nitriles is 1. The van der Waals surface area contributed by atoms with Gasteiger partial charge < -0.3 is 4.57 Å². The molecule has 0 fully saturated rings. The molecule has 0 spiro atoms. The van der Waals surface area contributed by atoms with Gasteiger partial charge in [0, 0.05) is 32.6 Å². The minimum atomic E-state index is 0.614. The summed E-state index contributed by atoms with van der Waals surface area (Å²) in [5.41, 5.74) is 9.36. The summed E-state index contributed by atoms with van der Waals surface area (Å²) < 4.78 is 4.60. The molecule has 11 aromatic rings. The Morgan fingerprint density at radius 1 is 0.423 bits per heavy atom. The monoisotopic (exact) mass is 660 g/mol. The Kier molecular flexibility index (Phi) is 5.99. The molecule has 0 saturated heterocycles. The van der Waals surface area contributed by atoms with E-state index in [2.05, 4.69) is 155 Å². The molecule has 4 nitrogen and oxygen atoms in total. The minimum Gasteiger partial charge on any atom is -0.309 e. The summed E-state index contributed by atoms with van der Waals surface area (Å²) in [5, 5.41) is 20.7. The predicted molar refractivity (Wildman–Crippen MR) is 216 cm³/mol. The molecule has 0 aliphatic rings. The summed E-state index contributed by atoms with van der Waals surface area (Å²) >= 11 is 0. The fraction of sp³-hybridized carbons (Fsp3) is 0. The maximum atomic E-state index is 10.2. The maximum absolute atomic E-state index is 10.2. The molecule has 0 bridgehead atoms. The Balaban J connectivity index is 1.20. The number of para-hydroxylation sites is 2. The number of hydrogen-bond donors (Lipinski definition) is 0. The molecule has 11 rings (SSSR count).